The van der Waals surface area contributed by atoms with Crippen LogP contribution in [0.25, 0.3) is 10.9 Å². The van der Waals surface area contributed by atoms with E-state index >= 15 is 0 Å². The van der Waals surface area contributed by atoms with Gasteiger partial charge in [0.2, 0.25) is 21.5 Å². The number of sulfonamides is 1. The van der Waals surface area contributed by atoms with E-state index in [4.69, 9.17) is 0 Å². The van der Waals surface area contributed by atoms with E-state index in [1.54, 1.807) is 31.0 Å². The van der Waals surface area contributed by atoms with Crippen LogP contribution in [0.15, 0.2) is 34.0 Å². The third-order valence-electron chi connectivity index (χ3n) is 5.12. The van der Waals surface area contributed by atoms with Gasteiger partial charge in [0.25, 0.3) is 0 Å². The smallest absolute Gasteiger partial charge is 0.248 e. The van der Waals surface area contributed by atoms with Crippen LogP contribution in [0.3, 0.4) is 0 Å². The number of likely N-dealkylation sites (N-methyl/N-ethyl adjacent to an activating group) is 1. The summed E-state index contributed by atoms with van der Waals surface area (Å²) in [5.41, 5.74) is 1.08. The quantitative estimate of drug-likeness (QED) is 0.842. The Bertz CT molecular complexity index is 1030. The van der Waals surface area contributed by atoms with Gasteiger partial charge in [-0.25, -0.2) is 8.42 Å². The molecule has 0 saturated carbocycles. The lowest BCUT2D eigenvalue weighted by Gasteiger charge is -2.38. The lowest BCUT2D eigenvalue weighted by molar-refractivity contribution is -0.137. The van der Waals surface area contributed by atoms with E-state index in [1.807, 2.05) is 6.92 Å². The predicted octanol–water partition coefficient (Wildman–Crippen LogP) is 1.86. The van der Waals surface area contributed by atoms with E-state index in [0.717, 1.165) is 12.8 Å². The zero-order chi connectivity index (χ0) is 19.8. The van der Waals surface area contributed by atoms with E-state index in [0.29, 0.717) is 29.4 Å². The second-order valence-corrected chi connectivity index (χ2v) is 8.95. The van der Waals surface area contributed by atoms with Crippen molar-refractivity contribution in [1.82, 2.24) is 14.2 Å². The SMILES string of the molecule is CCCCC1C(=O)N(C)CCN1S(=O)(=O)c1ccc2[nH]c(=O)cc(C)c2c1. The number of aromatic nitrogens is 1. The van der Waals surface area contributed by atoms with Crippen LogP contribution in [0.4, 0.5) is 0 Å². The number of aryl methyl sites for hydroxylation is 1. The number of hydrogen-bond donors (Lipinski definition) is 1. The number of nitrogens with one attached hydrogen (secondary N) is 1. The molecular weight excluding hydrogens is 366 g/mol. The number of fused-ring (bicyclic) bond motifs is 1. The molecule has 2 heterocycles. The molecule has 7 nitrogen and oxygen atoms in total. The first kappa shape index (κ1) is 19.6. The number of nitrogens with zero attached hydrogens (tertiary/aromatic N) is 2. The minimum absolute atomic E-state index is 0.143. The number of pyridine rings is 1. The van der Waals surface area contributed by atoms with Crippen molar-refractivity contribution in [3.05, 3.63) is 40.2 Å². The van der Waals surface area contributed by atoms with Crippen LogP contribution in [0.1, 0.15) is 31.7 Å². The van der Waals surface area contributed by atoms with Gasteiger partial charge in [0.15, 0.2) is 0 Å². The molecule has 1 fully saturated rings. The number of carbonyl (C=O) groups excluding carboxylic acids is 1. The number of piperazine rings is 1. The number of aromatic amines is 1. The largest absolute Gasteiger partial charge is 0.343 e. The van der Waals surface area contributed by atoms with Gasteiger partial charge >= 0.3 is 0 Å². The predicted molar refractivity (Wildman–Crippen MR) is 104 cm³/mol. The van der Waals surface area contributed by atoms with Gasteiger partial charge in [0.05, 0.1) is 4.90 Å². The van der Waals surface area contributed by atoms with E-state index in [9.17, 15) is 18.0 Å². The van der Waals surface area contributed by atoms with Gasteiger partial charge in [-0.15, -0.1) is 0 Å². The maximum atomic E-state index is 13.3. The van der Waals surface area contributed by atoms with E-state index in [1.165, 1.54) is 16.4 Å². The van der Waals surface area contributed by atoms with Gasteiger partial charge in [-0.2, -0.15) is 4.31 Å². The minimum Gasteiger partial charge on any atom is -0.343 e. The number of hydrogen-bond acceptors (Lipinski definition) is 4. The number of H-pyrrole nitrogens is 1. The Morgan fingerprint density at radius 3 is 2.63 bits per heavy atom. The third-order valence-corrected chi connectivity index (χ3v) is 7.03. The van der Waals surface area contributed by atoms with Gasteiger partial charge in [0, 0.05) is 37.1 Å². The minimum atomic E-state index is -3.82. The van der Waals surface area contributed by atoms with E-state index < -0.39 is 16.1 Å². The Labute approximate surface area is 159 Å². The standard InChI is InChI=1S/C19H25N3O4S/c1-4-5-6-17-19(24)21(3)9-10-22(17)27(25,26)14-7-8-16-15(12-14)13(2)11-18(23)20-16/h7-8,11-12,17H,4-6,9-10H2,1-3H3,(H,20,23). The summed E-state index contributed by atoms with van der Waals surface area (Å²) in [6.07, 6.45) is 2.19. The summed E-state index contributed by atoms with van der Waals surface area (Å²) in [5.74, 6) is -0.153. The fraction of sp³-hybridized carbons (Fsp3) is 0.474. The normalized spacial score (nSPS) is 19.0. The molecule has 2 aromatic rings. The average Bonchev–Trinajstić information content (AvgIpc) is 2.62. The molecule has 1 saturated heterocycles. The van der Waals surface area contributed by atoms with Crippen molar-refractivity contribution in [2.24, 2.45) is 0 Å². The van der Waals surface area contributed by atoms with Crippen LogP contribution < -0.4 is 5.56 Å². The number of unbranched alkanes of at least 4 members (excludes halogenated alkanes) is 1. The molecule has 1 amide bonds. The molecule has 1 unspecified atom stereocenters. The maximum absolute atomic E-state index is 13.3. The van der Waals surface area contributed by atoms with Gasteiger partial charge in [-0.1, -0.05) is 19.8 Å². The van der Waals surface area contributed by atoms with E-state index in [-0.39, 0.29) is 22.9 Å². The molecular formula is C19H25N3O4S. The monoisotopic (exact) mass is 391 g/mol. The Morgan fingerprint density at radius 1 is 1.19 bits per heavy atom. The first-order valence-electron chi connectivity index (χ1n) is 9.16. The van der Waals surface area contributed by atoms with Crippen LogP contribution in [0.5, 0.6) is 0 Å². The Balaban J connectivity index is 2.05. The summed E-state index contributed by atoms with van der Waals surface area (Å²) in [6.45, 7) is 4.45. The molecule has 1 aliphatic heterocycles. The summed E-state index contributed by atoms with van der Waals surface area (Å²) >= 11 is 0. The van der Waals surface area contributed by atoms with E-state index in [2.05, 4.69) is 4.98 Å². The number of rotatable bonds is 5. The highest BCUT2D eigenvalue weighted by molar-refractivity contribution is 7.89. The summed E-state index contributed by atoms with van der Waals surface area (Å²) in [5, 5.41) is 0.682. The fourth-order valence-corrected chi connectivity index (χ4v) is 5.17. The first-order chi connectivity index (χ1) is 12.8. The molecule has 1 N–H and O–H groups in total. The summed E-state index contributed by atoms with van der Waals surface area (Å²) in [4.78, 5) is 28.7. The Hall–Kier alpha value is -2.19. The van der Waals surface area contributed by atoms with Crippen molar-refractivity contribution < 1.29 is 13.2 Å². The molecule has 27 heavy (non-hydrogen) atoms. The third kappa shape index (κ3) is 3.64. The van der Waals surface area contributed by atoms with Crippen molar-refractivity contribution in [3.8, 4) is 0 Å². The molecule has 8 heteroatoms. The summed E-state index contributed by atoms with van der Waals surface area (Å²) in [7, 11) is -2.11. The maximum Gasteiger partial charge on any atom is 0.248 e. The van der Waals surface area contributed by atoms with Crippen molar-refractivity contribution in [1.29, 1.82) is 0 Å². The lowest BCUT2D eigenvalue weighted by atomic mass is 10.1. The van der Waals surface area contributed by atoms with Crippen molar-refractivity contribution >= 4 is 26.8 Å². The fourth-order valence-electron chi connectivity index (χ4n) is 3.54. The first-order valence-corrected chi connectivity index (χ1v) is 10.6. The molecule has 0 bridgehead atoms. The molecule has 0 spiro atoms. The average molecular weight is 391 g/mol. The second-order valence-electron chi connectivity index (χ2n) is 7.06. The highest BCUT2D eigenvalue weighted by atomic mass is 32.2. The molecule has 0 aliphatic carbocycles. The zero-order valence-electron chi connectivity index (χ0n) is 15.9. The van der Waals surface area contributed by atoms with Crippen molar-refractivity contribution in [3.63, 3.8) is 0 Å². The van der Waals surface area contributed by atoms with Crippen LogP contribution in [0.2, 0.25) is 0 Å². The summed E-state index contributed by atoms with van der Waals surface area (Å²) < 4.78 is 28.0. The molecule has 1 atom stereocenters. The summed E-state index contributed by atoms with van der Waals surface area (Å²) in [6, 6.07) is 5.46. The van der Waals surface area contributed by atoms with Crippen LogP contribution in [-0.4, -0.2) is 54.7 Å². The van der Waals surface area contributed by atoms with Gasteiger partial charge in [0.1, 0.15) is 6.04 Å². The topological polar surface area (TPSA) is 90.6 Å². The number of amides is 1. The van der Waals surface area contributed by atoms with Crippen LogP contribution in [0, 0.1) is 6.92 Å². The lowest BCUT2D eigenvalue weighted by Crippen LogP contribution is -2.57. The Morgan fingerprint density at radius 2 is 1.93 bits per heavy atom. The molecule has 1 aromatic carbocycles. The highest BCUT2D eigenvalue weighted by Crippen LogP contribution is 2.27. The number of carbonyl (C=O) groups is 1. The second kappa shape index (κ2) is 7.44. The molecule has 0 radical (unpaired) electrons. The van der Waals surface area contributed by atoms with Crippen LogP contribution >= 0.6 is 0 Å². The Kier molecular flexibility index (Phi) is 5.39. The van der Waals surface area contributed by atoms with Gasteiger partial charge < -0.3 is 9.88 Å². The van der Waals surface area contributed by atoms with Crippen LogP contribution in [-0.2, 0) is 14.8 Å². The molecule has 1 aromatic heterocycles. The van der Waals surface area contributed by atoms with Gasteiger partial charge in [-0.3, -0.25) is 9.59 Å². The highest BCUT2D eigenvalue weighted by Gasteiger charge is 2.40. The number of benzene rings is 1. The molecule has 3 rings (SSSR count). The molecule has 1 aliphatic rings. The molecule has 146 valence electrons. The van der Waals surface area contributed by atoms with Crippen molar-refractivity contribution in [2.75, 3.05) is 20.1 Å². The van der Waals surface area contributed by atoms with Crippen molar-refractivity contribution in [2.45, 2.75) is 44.0 Å². The zero-order valence-corrected chi connectivity index (χ0v) is 16.7. The van der Waals surface area contributed by atoms with Gasteiger partial charge in [-0.05, 0) is 37.1 Å².